The van der Waals surface area contributed by atoms with Crippen LogP contribution in [-0.4, -0.2) is 50.2 Å². The molecule has 3 heterocycles. The van der Waals surface area contributed by atoms with Gasteiger partial charge in [-0.2, -0.15) is 5.10 Å². The van der Waals surface area contributed by atoms with Gasteiger partial charge in [0.1, 0.15) is 10.8 Å². The van der Waals surface area contributed by atoms with E-state index in [0.29, 0.717) is 41.6 Å². The highest BCUT2D eigenvalue weighted by atomic mass is 32.1. The third-order valence-electron chi connectivity index (χ3n) is 5.71. The van der Waals surface area contributed by atoms with E-state index >= 15 is 0 Å². The molecule has 2 aromatic carbocycles. The summed E-state index contributed by atoms with van der Waals surface area (Å²) in [4.78, 5) is 27.6. The summed E-state index contributed by atoms with van der Waals surface area (Å²) in [5, 5.41) is 19.8. The van der Waals surface area contributed by atoms with E-state index in [4.69, 9.17) is 0 Å². The Morgan fingerprint density at radius 1 is 1.21 bits per heavy atom. The first kappa shape index (κ1) is 21.2. The lowest BCUT2D eigenvalue weighted by Crippen LogP contribution is -2.43. The van der Waals surface area contributed by atoms with E-state index in [2.05, 4.69) is 25.7 Å². The number of benzene rings is 2. The maximum absolute atomic E-state index is 13.4. The molecule has 5 rings (SSSR count). The number of carbonyl (C=O) groups is 2. The molecule has 0 radical (unpaired) electrons. The zero-order valence-corrected chi connectivity index (χ0v) is 18.4. The van der Waals surface area contributed by atoms with E-state index in [1.165, 1.54) is 23.5 Å². The first-order valence-corrected chi connectivity index (χ1v) is 11.5. The number of H-pyrrole nitrogens is 1. The van der Waals surface area contributed by atoms with Crippen molar-refractivity contribution < 1.29 is 14.0 Å². The maximum Gasteiger partial charge on any atom is 0.253 e. The second-order valence-electron chi connectivity index (χ2n) is 8.06. The number of hydrogen-bond donors (Lipinski definition) is 2. The average Bonchev–Trinajstić information content (AvgIpc) is 3.47. The van der Waals surface area contributed by atoms with Gasteiger partial charge in [-0.3, -0.25) is 14.7 Å². The van der Waals surface area contributed by atoms with Gasteiger partial charge in [0, 0.05) is 30.5 Å². The summed E-state index contributed by atoms with van der Waals surface area (Å²) in [6.45, 7) is 0.964. The van der Waals surface area contributed by atoms with Gasteiger partial charge in [0.2, 0.25) is 11.0 Å². The van der Waals surface area contributed by atoms with Gasteiger partial charge in [-0.25, -0.2) is 4.39 Å². The van der Waals surface area contributed by atoms with Crippen molar-refractivity contribution in [3.8, 4) is 0 Å². The number of fused-ring (bicyclic) bond motifs is 1. The van der Waals surface area contributed by atoms with E-state index in [0.717, 1.165) is 22.9 Å². The monoisotopic (exact) mass is 464 g/mol. The predicted octanol–water partition coefficient (Wildman–Crippen LogP) is 3.64. The Labute approximate surface area is 192 Å². The molecule has 8 nitrogen and oxygen atoms in total. The molecule has 1 fully saturated rings. The Kier molecular flexibility index (Phi) is 5.82. The molecular weight excluding hydrogens is 443 g/mol. The highest BCUT2D eigenvalue weighted by Gasteiger charge is 2.29. The molecule has 33 heavy (non-hydrogen) atoms. The number of carbonyl (C=O) groups excluding carboxylic acids is 2. The molecular formula is C23H21FN6O2S. The fraction of sp³-hybridized carbons (Fsp3) is 0.261. The van der Waals surface area contributed by atoms with Crippen LogP contribution in [0.4, 0.5) is 9.52 Å². The van der Waals surface area contributed by atoms with Gasteiger partial charge in [0.15, 0.2) is 0 Å². The zero-order chi connectivity index (χ0) is 22.8. The molecule has 2 aromatic heterocycles. The zero-order valence-electron chi connectivity index (χ0n) is 17.6. The molecule has 0 bridgehead atoms. The summed E-state index contributed by atoms with van der Waals surface area (Å²) in [6, 6.07) is 11.7. The van der Waals surface area contributed by atoms with Crippen molar-refractivity contribution in [1.29, 1.82) is 0 Å². The molecule has 1 aliphatic rings. The Morgan fingerprint density at radius 3 is 3.00 bits per heavy atom. The summed E-state index contributed by atoms with van der Waals surface area (Å²) in [7, 11) is 0. The third kappa shape index (κ3) is 4.75. The predicted molar refractivity (Wildman–Crippen MR) is 122 cm³/mol. The van der Waals surface area contributed by atoms with Crippen LogP contribution in [0.25, 0.3) is 10.9 Å². The topological polar surface area (TPSA) is 104 Å². The lowest BCUT2D eigenvalue weighted by atomic mass is 9.96. The van der Waals surface area contributed by atoms with Crippen molar-refractivity contribution in [2.75, 3.05) is 18.4 Å². The Bertz CT molecular complexity index is 1320. The van der Waals surface area contributed by atoms with E-state index in [1.54, 1.807) is 23.2 Å². The average molecular weight is 465 g/mol. The number of hydrogen-bond acceptors (Lipinski definition) is 6. The number of nitrogens with one attached hydrogen (secondary N) is 2. The molecule has 1 unspecified atom stereocenters. The molecule has 10 heteroatoms. The number of piperidine rings is 1. The molecule has 4 aromatic rings. The van der Waals surface area contributed by atoms with Crippen LogP contribution < -0.4 is 5.32 Å². The van der Waals surface area contributed by atoms with Crippen molar-refractivity contribution >= 4 is 39.2 Å². The van der Waals surface area contributed by atoms with Gasteiger partial charge < -0.3 is 10.2 Å². The fourth-order valence-corrected chi connectivity index (χ4v) is 4.82. The Morgan fingerprint density at radius 2 is 2.12 bits per heavy atom. The number of rotatable bonds is 5. The molecule has 168 valence electrons. The SMILES string of the molecule is O=C(Nc1nnc(Cc2cccc(F)c2)s1)C1CCCN(C(=O)c2ccc3[nH]ncc3c2)C1. The minimum Gasteiger partial charge on any atom is -0.338 e. The lowest BCUT2D eigenvalue weighted by molar-refractivity contribution is -0.121. The van der Waals surface area contributed by atoms with E-state index in [9.17, 15) is 14.0 Å². The summed E-state index contributed by atoms with van der Waals surface area (Å²) in [5.41, 5.74) is 2.24. The molecule has 0 aliphatic carbocycles. The quantitative estimate of drug-likeness (QED) is 0.469. The molecule has 1 aliphatic heterocycles. The van der Waals surface area contributed by atoms with Crippen LogP contribution in [0, 0.1) is 11.7 Å². The Balaban J connectivity index is 1.21. The summed E-state index contributed by atoms with van der Waals surface area (Å²) >= 11 is 1.27. The van der Waals surface area contributed by atoms with Crippen LogP contribution in [0.3, 0.4) is 0 Å². The number of aromatic amines is 1. The number of amides is 2. The van der Waals surface area contributed by atoms with Gasteiger partial charge in [-0.05, 0) is 48.7 Å². The van der Waals surface area contributed by atoms with Crippen molar-refractivity contribution in [1.82, 2.24) is 25.3 Å². The summed E-state index contributed by atoms with van der Waals surface area (Å²) < 4.78 is 13.4. The van der Waals surface area contributed by atoms with Gasteiger partial charge in [-0.1, -0.05) is 23.5 Å². The van der Waals surface area contributed by atoms with Crippen LogP contribution in [0.2, 0.25) is 0 Å². The maximum atomic E-state index is 13.4. The molecule has 0 spiro atoms. The molecule has 1 saturated heterocycles. The van der Waals surface area contributed by atoms with Gasteiger partial charge in [0.25, 0.3) is 5.91 Å². The van der Waals surface area contributed by atoms with Gasteiger partial charge >= 0.3 is 0 Å². The third-order valence-corrected chi connectivity index (χ3v) is 6.55. The smallest absolute Gasteiger partial charge is 0.253 e. The van der Waals surface area contributed by atoms with E-state index in [-0.39, 0.29) is 23.5 Å². The highest BCUT2D eigenvalue weighted by molar-refractivity contribution is 7.15. The normalized spacial score (nSPS) is 16.2. The van der Waals surface area contributed by atoms with Crippen molar-refractivity contribution in [3.05, 3.63) is 70.6 Å². The van der Waals surface area contributed by atoms with Crippen LogP contribution in [0.5, 0.6) is 0 Å². The highest BCUT2D eigenvalue weighted by Crippen LogP contribution is 2.24. The minimum absolute atomic E-state index is 0.0936. The van der Waals surface area contributed by atoms with Crippen LogP contribution in [0.1, 0.15) is 33.8 Å². The summed E-state index contributed by atoms with van der Waals surface area (Å²) in [5.74, 6) is -0.891. The van der Waals surface area contributed by atoms with Crippen molar-refractivity contribution in [2.45, 2.75) is 19.3 Å². The van der Waals surface area contributed by atoms with E-state index < -0.39 is 0 Å². The first-order chi connectivity index (χ1) is 16.0. The standard InChI is InChI=1S/C23H21FN6O2S/c24-18-5-1-3-14(9-18)10-20-28-29-23(33-20)26-21(31)16-4-2-8-30(13-16)22(32)15-6-7-19-17(11-15)12-25-27-19/h1,3,5-7,9,11-12,16H,2,4,8,10,13H2,(H,25,27)(H,26,29,31). The number of halogens is 1. The number of anilines is 1. The fourth-order valence-electron chi connectivity index (χ4n) is 4.04. The second kappa shape index (κ2) is 9.07. The molecule has 2 N–H and O–H groups in total. The first-order valence-electron chi connectivity index (χ1n) is 10.7. The number of nitrogens with zero attached hydrogens (tertiary/aromatic N) is 4. The van der Waals surface area contributed by atoms with Gasteiger partial charge in [-0.15, -0.1) is 10.2 Å². The second-order valence-corrected chi connectivity index (χ2v) is 9.12. The summed E-state index contributed by atoms with van der Waals surface area (Å²) in [6.07, 6.45) is 3.57. The van der Waals surface area contributed by atoms with E-state index in [1.807, 2.05) is 18.2 Å². The van der Waals surface area contributed by atoms with Crippen molar-refractivity contribution in [2.24, 2.45) is 5.92 Å². The molecule has 0 saturated carbocycles. The van der Waals surface area contributed by atoms with Crippen LogP contribution in [0.15, 0.2) is 48.7 Å². The van der Waals surface area contributed by atoms with Crippen LogP contribution in [-0.2, 0) is 11.2 Å². The van der Waals surface area contributed by atoms with Crippen molar-refractivity contribution in [3.63, 3.8) is 0 Å². The molecule has 2 amide bonds. The van der Waals surface area contributed by atoms with Gasteiger partial charge in [0.05, 0.1) is 17.6 Å². The molecule has 1 atom stereocenters. The number of likely N-dealkylation sites (tertiary alicyclic amines) is 1. The Hall–Kier alpha value is -3.66. The van der Waals surface area contributed by atoms with Crippen LogP contribution >= 0.6 is 11.3 Å². The number of aromatic nitrogens is 4. The largest absolute Gasteiger partial charge is 0.338 e. The lowest BCUT2D eigenvalue weighted by Gasteiger charge is -2.32. The minimum atomic E-state index is -0.323.